The highest BCUT2D eigenvalue weighted by molar-refractivity contribution is 7.89. The number of nitrogens with zero attached hydrogens (tertiary/aromatic N) is 4. The number of anilines is 2. The quantitative estimate of drug-likeness (QED) is 0.268. The van der Waals surface area contributed by atoms with Crippen LogP contribution < -0.4 is 11.1 Å². The van der Waals surface area contributed by atoms with E-state index in [1.165, 1.54) is 16.4 Å². The van der Waals surface area contributed by atoms with Crippen LogP contribution in [0, 0.1) is 21.4 Å². The lowest BCUT2D eigenvalue weighted by molar-refractivity contribution is -0.384. The molecular weight excluding hydrogens is 438 g/mol. The Morgan fingerprint density at radius 1 is 1.31 bits per heavy atom. The number of nitrogens with two attached hydrogens (primary N) is 1. The Bertz CT molecular complexity index is 1100. The van der Waals surface area contributed by atoms with Crippen LogP contribution >= 0.6 is 0 Å². The molecule has 172 valence electrons. The number of morpholine rings is 1. The van der Waals surface area contributed by atoms with Crippen LogP contribution in [0.4, 0.5) is 17.2 Å². The van der Waals surface area contributed by atoms with Gasteiger partial charge in [-0.15, -0.1) is 0 Å². The molecule has 1 saturated heterocycles. The molecule has 0 saturated carbocycles. The lowest BCUT2D eigenvalue weighted by Gasteiger charge is -2.26. The predicted octanol–water partition coefficient (Wildman–Crippen LogP) is 1.62. The Hall–Kier alpha value is -3.21. The summed E-state index contributed by atoms with van der Waals surface area (Å²) in [7, 11) is -3.82. The molecule has 0 bridgehead atoms. The van der Waals surface area contributed by atoms with E-state index in [1.54, 1.807) is 0 Å². The van der Waals surface area contributed by atoms with E-state index in [1.807, 2.05) is 6.07 Å². The molecule has 2 aromatic rings. The summed E-state index contributed by atoms with van der Waals surface area (Å²) in [6, 6.07) is 5.93. The van der Waals surface area contributed by atoms with Crippen LogP contribution in [-0.4, -0.2) is 60.7 Å². The van der Waals surface area contributed by atoms with E-state index in [-0.39, 0.29) is 35.2 Å². The van der Waals surface area contributed by atoms with Crippen LogP contribution in [0.1, 0.15) is 30.5 Å². The normalized spacial score (nSPS) is 14.7. The van der Waals surface area contributed by atoms with Gasteiger partial charge in [0.05, 0.1) is 28.7 Å². The molecule has 1 aliphatic heterocycles. The highest BCUT2D eigenvalue weighted by Crippen LogP contribution is 2.29. The number of hydrogen-bond acceptors (Lipinski definition) is 9. The number of nitro benzene ring substituents is 1. The number of nitriles is 1. The number of nitro groups is 1. The molecular formula is C19H25N7O5S. The number of unbranched alkanes of at least 4 members (excludes halogenated alkanes) is 2. The van der Waals surface area contributed by atoms with Gasteiger partial charge in [-0.2, -0.15) is 14.7 Å². The van der Waals surface area contributed by atoms with Crippen LogP contribution in [0.25, 0.3) is 0 Å². The molecule has 0 radical (unpaired) electrons. The number of ether oxygens (including phenoxy) is 1. The largest absolute Gasteiger partial charge is 0.381 e. The van der Waals surface area contributed by atoms with E-state index >= 15 is 0 Å². The van der Waals surface area contributed by atoms with Gasteiger partial charge < -0.3 is 15.8 Å². The number of hydrogen-bond donors (Lipinski definition) is 3. The molecule has 1 aromatic heterocycles. The number of H-pyrrole nitrogens is 1. The first-order valence-corrected chi connectivity index (χ1v) is 11.6. The fourth-order valence-electron chi connectivity index (χ4n) is 3.43. The zero-order valence-corrected chi connectivity index (χ0v) is 18.2. The Balaban J connectivity index is 1.56. The van der Waals surface area contributed by atoms with Crippen LogP contribution in [0.5, 0.6) is 0 Å². The van der Waals surface area contributed by atoms with Gasteiger partial charge in [0.1, 0.15) is 17.3 Å². The Morgan fingerprint density at radius 3 is 2.75 bits per heavy atom. The highest BCUT2D eigenvalue weighted by atomic mass is 32.2. The minimum atomic E-state index is -3.82. The van der Waals surface area contributed by atoms with Gasteiger partial charge in [0.2, 0.25) is 10.0 Å². The first-order chi connectivity index (χ1) is 15.3. The van der Waals surface area contributed by atoms with E-state index < -0.39 is 14.9 Å². The molecule has 1 aromatic carbocycles. The van der Waals surface area contributed by atoms with Crippen molar-refractivity contribution in [3.63, 3.8) is 0 Å². The van der Waals surface area contributed by atoms with Gasteiger partial charge in [0, 0.05) is 25.7 Å². The van der Waals surface area contributed by atoms with Crippen molar-refractivity contribution < 1.29 is 18.1 Å². The fraction of sp³-hybridized carbons (Fsp3) is 0.474. The molecule has 0 aliphatic carbocycles. The lowest BCUT2D eigenvalue weighted by Crippen LogP contribution is -2.40. The summed E-state index contributed by atoms with van der Waals surface area (Å²) in [5, 5.41) is 30.2. The van der Waals surface area contributed by atoms with Crippen molar-refractivity contribution in [3.05, 3.63) is 39.6 Å². The number of nitrogens with one attached hydrogen (secondary N) is 2. The summed E-state index contributed by atoms with van der Waals surface area (Å²) in [6.45, 7) is 1.51. The third-order valence-corrected chi connectivity index (χ3v) is 7.07. The Labute approximate surface area is 185 Å². The van der Waals surface area contributed by atoms with Crippen molar-refractivity contribution in [2.24, 2.45) is 0 Å². The monoisotopic (exact) mass is 463 g/mol. The van der Waals surface area contributed by atoms with Gasteiger partial charge in [0.25, 0.3) is 5.69 Å². The maximum Gasteiger partial charge on any atom is 0.293 e. The lowest BCUT2D eigenvalue weighted by atomic mass is 10.1. The number of aromatic amines is 1. The molecule has 3 rings (SSSR count). The summed E-state index contributed by atoms with van der Waals surface area (Å²) in [5.74, 6) is 0.190. The molecule has 32 heavy (non-hydrogen) atoms. The number of aryl methyl sites for hydroxylation is 1. The molecule has 0 amide bonds. The molecule has 12 nitrogen and oxygen atoms in total. The third-order valence-electron chi connectivity index (χ3n) is 5.17. The molecule has 0 spiro atoms. The minimum Gasteiger partial charge on any atom is -0.381 e. The topological polar surface area (TPSA) is 180 Å². The van der Waals surface area contributed by atoms with E-state index in [0.717, 1.165) is 25.3 Å². The zero-order chi connectivity index (χ0) is 23.1. The summed E-state index contributed by atoms with van der Waals surface area (Å²) in [5.41, 5.74) is 6.66. The summed E-state index contributed by atoms with van der Waals surface area (Å²) < 4.78 is 32.0. The number of rotatable bonds is 10. The molecule has 13 heteroatoms. The van der Waals surface area contributed by atoms with Crippen LogP contribution in [0.3, 0.4) is 0 Å². The van der Waals surface area contributed by atoms with Crippen LogP contribution in [0.2, 0.25) is 0 Å². The summed E-state index contributed by atoms with van der Waals surface area (Å²) in [4.78, 5) is 10.8. The van der Waals surface area contributed by atoms with Gasteiger partial charge in [0.15, 0.2) is 5.82 Å². The Kier molecular flexibility index (Phi) is 7.62. The first kappa shape index (κ1) is 23.5. The smallest absolute Gasteiger partial charge is 0.293 e. The average molecular weight is 464 g/mol. The highest BCUT2D eigenvalue weighted by Gasteiger charge is 2.28. The molecule has 1 fully saturated rings. The number of nitrogen functional groups attached to an aromatic ring is 1. The molecule has 2 heterocycles. The van der Waals surface area contributed by atoms with E-state index in [9.17, 15) is 18.5 Å². The van der Waals surface area contributed by atoms with Gasteiger partial charge in [-0.1, -0.05) is 6.42 Å². The van der Waals surface area contributed by atoms with Crippen molar-refractivity contribution in [3.8, 4) is 6.07 Å². The second-order valence-electron chi connectivity index (χ2n) is 7.26. The minimum absolute atomic E-state index is 0.108. The van der Waals surface area contributed by atoms with Gasteiger partial charge in [-0.05, 0) is 31.4 Å². The average Bonchev–Trinajstić information content (AvgIpc) is 3.15. The van der Waals surface area contributed by atoms with E-state index in [4.69, 9.17) is 15.7 Å². The summed E-state index contributed by atoms with van der Waals surface area (Å²) >= 11 is 0. The van der Waals surface area contributed by atoms with Crippen LogP contribution in [0.15, 0.2) is 23.1 Å². The van der Waals surface area contributed by atoms with Gasteiger partial charge in [-0.25, -0.2) is 8.42 Å². The molecule has 0 unspecified atom stereocenters. The molecule has 0 atom stereocenters. The fourth-order valence-corrected chi connectivity index (χ4v) is 4.86. The Morgan fingerprint density at radius 2 is 2.06 bits per heavy atom. The predicted molar refractivity (Wildman–Crippen MR) is 116 cm³/mol. The van der Waals surface area contributed by atoms with Crippen molar-refractivity contribution in [2.45, 2.75) is 30.6 Å². The van der Waals surface area contributed by atoms with Crippen molar-refractivity contribution in [1.29, 1.82) is 5.26 Å². The maximum absolute atomic E-state index is 12.8. The van der Waals surface area contributed by atoms with Crippen molar-refractivity contribution in [2.75, 3.05) is 43.9 Å². The summed E-state index contributed by atoms with van der Waals surface area (Å²) in [6.07, 6.45) is 2.96. The van der Waals surface area contributed by atoms with Gasteiger partial charge >= 0.3 is 0 Å². The third kappa shape index (κ3) is 5.34. The second kappa shape index (κ2) is 10.4. The standard InChI is InChI=1S/C19H25N7O5S/c20-13-15-16(23-24-19(15)21)4-2-1-3-7-22-17-6-5-14(12-18(17)26(27)28)32(29,30)25-8-10-31-11-9-25/h5-6,12,22H,1-4,7-11H2,(H3,21,23,24). The molecule has 4 N–H and O–H groups in total. The zero-order valence-electron chi connectivity index (χ0n) is 17.4. The van der Waals surface area contributed by atoms with E-state index in [0.29, 0.717) is 37.4 Å². The van der Waals surface area contributed by atoms with Crippen molar-refractivity contribution in [1.82, 2.24) is 14.5 Å². The van der Waals surface area contributed by atoms with Crippen molar-refractivity contribution >= 4 is 27.2 Å². The van der Waals surface area contributed by atoms with Crippen LogP contribution in [-0.2, 0) is 21.2 Å². The maximum atomic E-state index is 12.8. The van der Waals surface area contributed by atoms with Gasteiger partial charge in [-0.3, -0.25) is 15.2 Å². The number of benzene rings is 1. The van der Waals surface area contributed by atoms with E-state index in [2.05, 4.69) is 15.5 Å². The first-order valence-electron chi connectivity index (χ1n) is 10.2. The number of sulfonamides is 1. The SMILES string of the molecule is N#Cc1c(N)n[nH]c1CCCCCNc1ccc(S(=O)(=O)N2CCOCC2)cc1[N+](=O)[O-]. The second-order valence-corrected chi connectivity index (χ2v) is 9.20. The number of aromatic nitrogens is 2. The molecule has 1 aliphatic rings.